The molecule has 1 unspecified atom stereocenters. The SMILES string of the molecule is CC(C)NC(=O)CNC(=O)C(C)Oc1ccccc1Cl. The van der Waals surface area contributed by atoms with E-state index >= 15 is 0 Å². The molecule has 0 saturated carbocycles. The Labute approximate surface area is 123 Å². The molecule has 0 fully saturated rings. The van der Waals surface area contributed by atoms with Crippen molar-refractivity contribution in [2.75, 3.05) is 6.54 Å². The van der Waals surface area contributed by atoms with Gasteiger partial charge in [-0.1, -0.05) is 23.7 Å². The summed E-state index contributed by atoms with van der Waals surface area (Å²) in [5.41, 5.74) is 0. The standard InChI is InChI=1S/C14H19ClN2O3/c1-9(2)17-13(18)8-16-14(19)10(3)20-12-7-5-4-6-11(12)15/h4-7,9-10H,8H2,1-3H3,(H,16,19)(H,17,18). The minimum Gasteiger partial charge on any atom is -0.479 e. The van der Waals surface area contributed by atoms with Crippen LogP contribution in [0, 0.1) is 0 Å². The van der Waals surface area contributed by atoms with Crippen LogP contribution in [0.3, 0.4) is 0 Å². The van der Waals surface area contributed by atoms with Crippen LogP contribution in [-0.2, 0) is 9.59 Å². The lowest BCUT2D eigenvalue weighted by Crippen LogP contribution is -2.43. The molecule has 5 nitrogen and oxygen atoms in total. The van der Waals surface area contributed by atoms with Gasteiger partial charge in [0, 0.05) is 6.04 Å². The lowest BCUT2D eigenvalue weighted by atomic mass is 10.3. The molecular formula is C14H19ClN2O3. The molecule has 0 aromatic heterocycles. The van der Waals surface area contributed by atoms with Gasteiger partial charge in [0.2, 0.25) is 5.91 Å². The molecule has 1 aromatic rings. The average Bonchev–Trinajstić information content (AvgIpc) is 2.37. The van der Waals surface area contributed by atoms with Crippen molar-refractivity contribution in [3.63, 3.8) is 0 Å². The lowest BCUT2D eigenvalue weighted by molar-refractivity contribution is -0.130. The summed E-state index contributed by atoms with van der Waals surface area (Å²) in [6.45, 7) is 5.22. The normalized spacial score (nSPS) is 11.8. The monoisotopic (exact) mass is 298 g/mol. The van der Waals surface area contributed by atoms with Gasteiger partial charge >= 0.3 is 0 Å². The van der Waals surface area contributed by atoms with Crippen LogP contribution in [-0.4, -0.2) is 30.5 Å². The first-order chi connectivity index (χ1) is 9.40. The molecule has 20 heavy (non-hydrogen) atoms. The van der Waals surface area contributed by atoms with Crippen molar-refractivity contribution in [2.45, 2.75) is 32.9 Å². The van der Waals surface area contributed by atoms with Crippen molar-refractivity contribution in [1.29, 1.82) is 0 Å². The Morgan fingerprint density at radius 2 is 1.90 bits per heavy atom. The first-order valence-electron chi connectivity index (χ1n) is 6.38. The van der Waals surface area contributed by atoms with Crippen LogP contribution < -0.4 is 15.4 Å². The number of halogens is 1. The molecule has 1 rings (SSSR count). The van der Waals surface area contributed by atoms with E-state index in [0.717, 1.165) is 0 Å². The Kier molecular flexibility index (Phi) is 6.31. The Hall–Kier alpha value is -1.75. The van der Waals surface area contributed by atoms with Crippen LogP contribution in [0.2, 0.25) is 5.02 Å². The molecule has 110 valence electrons. The molecule has 0 spiro atoms. The van der Waals surface area contributed by atoms with Gasteiger partial charge in [0.1, 0.15) is 5.75 Å². The highest BCUT2D eigenvalue weighted by Crippen LogP contribution is 2.24. The summed E-state index contributed by atoms with van der Waals surface area (Å²) in [6, 6.07) is 6.93. The van der Waals surface area contributed by atoms with Gasteiger partial charge in [-0.05, 0) is 32.9 Å². The minimum absolute atomic E-state index is 0.0381. The molecule has 0 heterocycles. The fourth-order valence-electron chi connectivity index (χ4n) is 1.47. The molecule has 0 saturated heterocycles. The number of ether oxygens (including phenoxy) is 1. The van der Waals surface area contributed by atoms with E-state index in [9.17, 15) is 9.59 Å². The Bertz CT molecular complexity index is 477. The highest BCUT2D eigenvalue weighted by molar-refractivity contribution is 6.32. The second-order valence-electron chi connectivity index (χ2n) is 4.63. The van der Waals surface area contributed by atoms with Gasteiger partial charge in [0.25, 0.3) is 5.91 Å². The van der Waals surface area contributed by atoms with Crippen molar-refractivity contribution in [3.05, 3.63) is 29.3 Å². The molecule has 0 radical (unpaired) electrons. The molecule has 2 amide bonds. The molecule has 2 N–H and O–H groups in total. The van der Waals surface area contributed by atoms with Crippen LogP contribution >= 0.6 is 11.6 Å². The summed E-state index contributed by atoms with van der Waals surface area (Å²) in [5.74, 6) is -0.175. The Balaban J connectivity index is 2.44. The van der Waals surface area contributed by atoms with Crippen molar-refractivity contribution < 1.29 is 14.3 Å². The molecule has 1 aromatic carbocycles. The number of benzene rings is 1. The van der Waals surface area contributed by atoms with Crippen LogP contribution in [0.5, 0.6) is 5.75 Å². The van der Waals surface area contributed by atoms with E-state index in [1.807, 2.05) is 13.8 Å². The molecule has 0 bridgehead atoms. The molecule has 1 atom stereocenters. The molecule has 0 aliphatic heterocycles. The van der Waals surface area contributed by atoms with E-state index in [-0.39, 0.29) is 24.4 Å². The maximum atomic E-state index is 11.8. The van der Waals surface area contributed by atoms with Crippen molar-refractivity contribution in [3.8, 4) is 5.75 Å². The zero-order chi connectivity index (χ0) is 15.1. The van der Waals surface area contributed by atoms with E-state index in [2.05, 4.69) is 10.6 Å². The summed E-state index contributed by atoms with van der Waals surface area (Å²) < 4.78 is 5.44. The topological polar surface area (TPSA) is 67.4 Å². The third-order valence-corrected chi connectivity index (χ3v) is 2.69. The fourth-order valence-corrected chi connectivity index (χ4v) is 1.65. The third kappa shape index (κ3) is 5.48. The lowest BCUT2D eigenvalue weighted by Gasteiger charge is -2.15. The minimum atomic E-state index is -0.734. The van der Waals surface area contributed by atoms with Gasteiger partial charge in [-0.15, -0.1) is 0 Å². The van der Waals surface area contributed by atoms with E-state index < -0.39 is 6.10 Å². The number of carbonyl (C=O) groups excluding carboxylic acids is 2. The first kappa shape index (κ1) is 16.3. The number of hydrogen-bond acceptors (Lipinski definition) is 3. The smallest absolute Gasteiger partial charge is 0.261 e. The second kappa shape index (κ2) is 7.75. The van der Waals surface area contributed by atoms with Gasteiger partial charge < -0.3 is 15.4 Å². The highest BCUT2D eigenvalue weighted by Gasteiger charge is 2.16. The second-order valence-corrected chi connectivity index (χ2v) is 5.04. The van der Waals surface area contributed by atoms with Gasteiger partial charge in [-0.25, -0.2) is 0 Å². The van der Waals surface area contributed by atoms with Crippen LogP contribution in [0.25, 0.3) is 0 Å². The molecule has 6 heteroatoms. The van der Waals surface area contributed by atoms with Gasteiger partial charge in [0.15, 0.2) is 6.10 Å². The average molecular weight is 299 g/mol. The zero-order valence-corrected chi connectivity index (χ0v) is 12.5. The number of carbonyl (C=O) groups is 2. The summed E-state index contributed by atoms with van der Waals surface area (Å²) >= 11 is 5.94. The largest absolute Gasteiger partial charge is 0.479 e. The zero-order valence-electron chi connectivity index (χ0n) is 11.8. The van der Waals surface area contributed by atoms with Crippen LogP contribution in [0.15, 0.2) is 24.3 Å². The fraction of sp³-hybridized carbons (Fsp3) is 0.429. The number of nitrogens with one attached hydrogen (secondary N) is 2. The predicted molar refractivity (Wildman–Crippen MR) is 77.8 cm³/mol. The molecule has 0 aliphatic carbocycles. The van der Waals surface area contributed by atoms with Crippen molar-refractivity contribution in [1.82, 2.24) is 10.6 Å². The summed E-state index contributed by atoms with van der Waals surface area (Å²) in [6.07, 6.45) is -0.734. The maximum absolute atomic E-state index is 11.8. The van der Waals surface area contributed by atoms with Crippen molar-refractivity contribution in [2.24, 2.45) is 0 Å². The van der Waals surface area contributed by atoms with E-state index in [1.165, 1.54) is 0 Å². The number of amides is 2. The number of hydrogen-bond donors (Lipinski definition) is 2. The van der Waals surface area contributed by atoms with E-state index in [1.54, 1.807) is 31.2 Å². The number of rotatable bonds is 6. The van der Waals surface area contributed by atoms with Crippen molar-refractivity contribution >= 4 is 23.4 Å². The Morgan fingerprint density at radius 1 is 1.25 bits per heavy atom. The third-order valence-electron chi connectivity index (χ3n) is 2.38. The number of para-hydroxylation sites is 1. The van der Waals surface area contributed by atoms with Crippen LogP contribution in [0.1, 0.15) is 20.8 Å². The maximum Gasteiger partial charge on any atom is 0.261 e. The Morgan fingerprint density at radius 3 is 2.50 bits per heavy atom. The van der Waals surface area contributed by atoms with Gasteiger partial charge in [0.05, 0.1) is 11.6 Å². The van der Waals surface area contributed by atoms with E-state index in [4.69, 9.17) is 16.3 Å². The highest BCUT2D eigenvalue weighted by atomic mass is 35.5. The van der Waals surface area contributed by atoms with Gasteiger partial charge in [-0.2, -0.15) is 0 Å². The summed E-state index contributed by atoms with van der Waals surface area (Å²) in [7, 11) is 0. The summed E-state index contributed by atoms with van der Waals surface area (Å²) in [5, 5.41) is 5.62. The van der Waals surface area contributed by atoms with Gasteiger partial charge in [-0.3, -0.25) is 9.59 Å². The quantitative estimate of drug-likeness (QED) is 0.841. The first-order valence-corrected chi connectivity index (χ1v) is 6.76. The molecule has 0 aliphatic rings. The molecular weight excluding hydrogens is 280 g/mol. The van der Waals surface area contributed by atoms with E-state index in [0.29, 0.717) is 10.8 Å². The van der Waals surface area contributed by atoms with Crippen LogP contribution in [0.4, 0.5) is 0 Å². The predicted octanol–water partition coefficient (Wildman–Crippen LogP) is 1.75. The summed E-state index contributed by atoms with van der Waals surface area (Å²) in [4.78, 5) is 23.2.